The molecule has 0 radical (unpaired) electrons. The molecule has 2 aliphatic heterocycles. The van der Waals surface area contributed by atoms with Crippen LogP contribution in [0.4, 0.5) is 4.79 Å². The Morgan fingerprint density at radius 3 is 1.73 bits per heavy atom. The maximum Gasteiger partial charge on any atom is 0.101 e. The number of carbonyl (C=O) groups excluding carboxylic acids is 1. The topological polar surface area (TPSA) is 36.9 Å². The molecule has 88 valence electrons. The van der Waals surface area contributed by atoms with Gasteiger partial charge in [0.1, 0.15) is 5.24 Å². The van der Waals surface area contributed by atoms with Crippen molar-refractivity contribution < 1.29 is 10.1 Å². The highest BCUT2D eigenvalue weighted by molar-refractivity contribution is 7.76. The van der Waals surface area contributed by atoms with E-state index in [-0.39, 0.29) is 5.24 Å². The van der Waals surface area contributed by atoms with Gasteiger partial charge < -0.3 is 27.6 Å². The number of nitrogens with two attached hydrogens (primary N) is 1. The zero-order valence-corrected chi connectivity index (χ0v) is 10.2. The molecule has 2 aliphatic rings. The van der Waals surface area contributed by atoms with E-state index in [0.29, 0.717) is 0 Å². The molecule has 1 amide bonds. The maximum atomic E-state index is 10.5. The quantitative estimate of drug-likeness (QED) is 0.627. The average molecular weight is 230 g/mol. The Balaban J connectivity index is 0.000000162. The maximum absolute atomic E-state index is 10.5. The molecule has 2 N–H and O–H groups in total. The molecule has 4 heteroatoms. The number of likely N-dealkylation sites (tertiary alicyclic amines) is 1. The molecular formula is C11H22N2OS. The van der Waals surface area contributed by atoms with Crippen molar-refractivity contribution in [3.8, 4) is 0 Å². The predicted octanol–water partition coefficient (Wildman–Crippen LogP) is 0.873. The number of hydrogen-bond donors (Lipinski definition) is 1. The fraction of sp³-hybridized carbons (Fsp3) is 0.909. The van der Waals surface area contributed by atoms with Crippen LogP contribution in [-0.2, 0) is 12.6 Å². The Labute approximate surface area is 98.0 Å². The molecule has 2 heterocycles. The molecule has 0 unspecified atom stereocenters. The third-order valence-electron chi connectivity index (χ3n) is 2.93. The molecule has 2 rings (SSSR count). The number of piperidine rings is 2. The lowest BCUT2D eigenvalue weighted by Crippen LogP contribution is -2.85. The van der Waals surface area contributed by atoms with Gasteiger partial charge in [-0.1, -0.05) is 0 Å². The van der Waals surface area contributed by atoms with Gasteiger partial charge in [-0.15, -0.1) is 0 Å². The minimum absolute atomic E-state index is 0.185. The van der Waals surface area contributed by atoms with Crippen molar-refractivity contribution in [2.45, 2.75) is 38.5 Å². The summed E-state index contributed by atoms with van der Waals surface area (Å²) in [6.07, 6.45) is 7.86. The molecule has 0 spiro atoms. The van der Waals surface area contributed by atoms with Crippen LogP contribution >= 0.6 is 0 Å². The van der Waals surface area contributed by atoms with Gasteiger partial charge >= 0.3 is 0 Å². The first-order valence-corrected chi connectivity index (χ1v) is 6.49. The smallest absolute Gasteiger partial charge is 0.101 e. The molecule has 0 aliphatic carbocycles. The van der Waals surface area contributed by atoms with E-state index in [9.17, 15) is 4.79 Å². The van der Waals surface area contributed by atoms with E-state index < -0.39 is 0 Å². The van der Waals surface area contributed by atoms with Crippen molar-refractivity contribution >= 4 is 17.9 Å². The normalized spacial score (nSPS) is 21.5. The Bertz CT molecular complexity index is 166. The standard InChI is InChI=1S/C6H11NOS.C5H11N/c8-6(9)7-4-2-1-3-5-7;1-2-4-6-5-3-1/h1-5H2,(H,8,9);6H,1-5H2. The van der Waals surface area contributed by atoms with E-state index >= 15 is 0 Å². The third-order valence-corrected chi connectivity index (χ3v) is 3.19. The molecular weight excluding hydrogens is 208 g/mol. The largest absolute Gasteiger partial charge is 0.719 e. The molecule has 0 atom stereocenters. The van der Waals surface area contributed by atoms with Gasteiger partial charge in [0, 0.05) is 13.1 Å². The number of hydrogen-bond acceptors (Lipinski definition) is 2. The van der Waals surface area contributed by atoms with Crippen LogP contribution in [0, 0.1) is 0 Å². The van der Waals surface area contributed by atoms with Crippen molar-refractivity contribution in [1.82, 2.24) is 4.90 Å². The summed E-state index contributed by atoms with van der Waals surface area (Å²) >= 11 is 4.49. The summed E-state index contributed by atoms with van der Waals surface area (Å²) in [5, 5.41) is 2.21. The second kappa shape index (κ2) is 7.88. The van der Waals surface area contributed by atoms with Crippen molar-refractivity contribution in [2.24, 2.45) is 0 Å². The van der Waals surface area contributed by atoms with Crippen molar-refractivity contribution in [3.05, 3.63) is 0 Å². The number of rotatable bonds is 0. The number of carbonyl (C=O) groups is 1. The van der Waals surface area contributed by atoms with Gasteiger partial charge in [-0.2, -0.15) is 0 Å². The van der Waals surface area contributed by atoms with Crippen molar-refractivity contribution in [3.63, 3.8) is 0 Å². The molecule has 0 aromatic rings. The van der Waals surface area contributed by atoms with Crippen molar-refractivity contribution in [2.75, 3.05) is 26.2 Å². The Morgan fingerprint density at radius 2 is 1.47 bits per heavy atom. The zero-order valence-electron chi connectivity index (χ0n) is 9.41. The van der Waals surface area contributed by atoms with Gasteiger partial charge in [0.2, 0.25) is 0 Å². The van der Waals surface area contributed by atoms with Crippen LogP contribution in [0.25, 0.3) is 0 Å². The van der Waals surface area contributed by atoms with Gasteiger partial charge in [0.05, 0.1) is 13.1 Å². The van der Waals surface area contributed by atoms with Crippen LogP contribution in [0.2, 0.25) is 0 Å². The summed E-state index contributed by atoms with van der Waals surface area (Å²) < 4.78 is 0. The first-order chi connectivity index (χ1) is 7.30. The van der Waals surface area contributed by atoms with Crippen molar-refractivity contribution in [1.29, 1.82) is 0 Å². The minimum atomic E-state index is -0.185. The lowest BCUT2D eigenvalue weighted by atomic mass is 10.1. The Morgan fingerprint density at radius 1 is 0.933 bits per heavy atom. The van der Waals surface area contributed by atoms with Gasteiger partial charge in [-0.25, -0.2) is 0 Å². The average Bonchev–Trinajstić information content (AvgIpc) is 2.33. The van der Waals surface area contributed by atoms with Gasteiger partial charge in [0.25, 0.3) is 0 Å². The summed E-state index contributed by atoms with van der Waals surface area (Å²) in [5.74, 6) is 0. The van der Waals surface area contributed by atoms with E-state index in [4.69, 9.17) is 0 Å². The van der Waals surface area contributed by atoms with Crippen LogP contribution in [0.1, 0.15) is 38.5 Å². The van der Waals surface area contributed by atoms with E-state index in [1.54, 1.807) is 4.90 Å². The third kappa shape index (κ3) is 5.95. The van der Waals surface area contributed by atoms with E-state index in [2.05, 4.69) is 17.9 Å². The van der Waals surface area contributed by atoms with Crippen LogP contribution in [0.3, 0.4) is 0 Å². The zero-order chi connectivity index (χ0) is 10.9. The Hall–Kier alpha value is -0.350. The molecule has 2 fully saturated rings. The van der Waals surface area contributed by atoms with Crippen LogP contribution in [0.5, 0.6) is 0 Å². The second-order valence-corrected chi connectivity index (χ2v) is 4.59. The highest BCUT2D eigenvalue weighted by atomic mass is 32.1. The predicted molar refractivity (Wildman–Crippen MR) is 63.7 cm³/mol. The summed E-state index contributed by atoms with van der Waals surface area (Å²) in [5.41, 5.74) is 0. The highest BCUT2D eigenvalue weighted by Gasteiger charge is 2.07. The molecule has 0 saturated carbocycles. The first-order valence-electron chi connectivity index (χ1n) is 6.08. The highest BCUT2D eigenvalue weighted by Crippen LogP contribution is 2.08. The second-order valence-electron chi connectivity index (χ2n) is 4.24. The Kier molecular flexibility index (Phi) is 6.68. The fourth-order valence-electron chi connectivity index (χ4n) is 1.97. The summed E-state index contributed by atoms with van der Waals surface area (Å²) in [6.45, 7) is 4.50. The van der Waals surface area contributed by atoms with Gasteiger partial charge in [-0.05, 0) is 38.5 Å². The molecule has 0 aromatic carbocycles. The monoisotopic (exact) mass is 230 g/mol. The summed E-state index contributed by atoms with van der Waals surface area (Å²) in [7, 11) is 0. The molecule has 2 saturated heterocycles. The molecule has 15 heavy (non-hydrogen) atoms. The van der Waals surface area contributed by atoms with E-state index in [0.717, 1.165) is 25.9 Å². The lowest BCUT2D eigenvalue weighted by molar-refractivity contribution is -0.662. The molecule has 0 aromatic heterocycles. The fourth-order valence-corrected chi connectivity index (χ4v) is 2.16. The number of nitrogens with zero attached hydrogens (tertiary/aromatic N) is 1. The van der Waals surface area contributed by atoms with Gasteiger partial charge in [-0.3, -0.25) is 0 Å². The molecule has 3 nitrogen and oxygen atoms in total. The summed E-state index contributed by atoms with van der Waals surface area (Å²) in [4.78, 5) is 12.3. The van der Waals surface area contributed by atoms with E-state index in [1.807, 2.05) is 0 Å². The first kappa shape index (κ1) is 12.7. The van der Waals surface area contributed by atoms with Gasteiger partial charge in [0.15, 0.2) is 0 Å². The molecule has 0 bridgehead atoms. The summed E-state index contributed by atoms with van der Waals surface area (Å²) in [6, 6.07) is 0. The van der Waals surface area contributed by atoms with Crippen LogP contribution in [0.15, 0.2) is 0 Å². The van der Waals surface area contributed by atoms with Crippen LogP contribution < -0.4 is 5.32 Å². The van der Waals surface area contributed by atoms with Crippen LogP contribution in [-0.4, -0.2) is 36.3 Å². The lowest BCUT2D eigenvalue weighted by Gasteiger charge is -2.29. The number of amides is 1. The minimum Gasteiger partial charge on any atom is -0.719 e. The SMILES string of the molecule is C1CC[NH2+]CC1.O=C([S-])N1CCCCC1. The van der Waals surface area contributed by atoms with E-state index in [1.165, 1.54) is 38.8 Å². The number of quaternary nitrogens is 1.